The molecule has 0 saturated heterocycles. The molecule has 17 heavy (non-hydrogen) atoms. The van der Waals surface area contributed by atoms with Gasteiger partial charge in [0.25, 0.3) is 0 Å². The van der Waals surface area contributed by atoms with E-state index in [1.165, 1.54) is 7.11 Å². The highest BCUT2D eigenvalue weighted by molar-refractivity contribution is 6.29. The minimum absolute atomic E-state index is 0.158. The molecule has 0 saturated carbocycles. The summed E-state index contributed by atoms with van der Waals surface area (Å²) in [6, 6.07) is 3.34. The zero-order chi connectivity index (χ0) is 12.8. The van der Waals surface area contributed by atoms with Gasteiger partial charge in [-0.05, 0) is 19.1 Å². The van der Waals surface area contributed by atoms with Crippen molar-refractivity contribution in [2.75, 3.05) is 19.0 Å². The summed E-state index contributed by atoms with van der Waals surface area (Å²) in [6.07, 6.45) is -0.0507. The van der Waals surface area contributed by atoms with Crippen molar-refractivity contribution in [2.45, 2.75) is 19.4 Å². The standard InChI is InChI=1S/C11H16ClN3O2/c1-7-9(3-4-10(12)14-7)15-11(16)5-8(6-13)17-2/h3-4,8H,5-6,13H2,1-2H3,(H,15,16). The maximum absolute atomic E-state index is 11.7. The number of nitrogens with two attached hydrogens (primary N) is 1. The molecule has 6 heteroatoms. The topological polar surface area (TPSA) is 77.2 Å². The number of amides is 1. The first-order valence-electron chi connectivity index (χ1n) is 5.22. The highest BCUT2D eigenvalue weighted by atomic mass is 35.5. The molecule has 0 spiro atoms. The quantitative estimate of drug-likeness (QED) is 0.781. The van der Waals surface area contributed by atoms with Crippen molar-refractivity contribution in [3.63, 3.8) is 0 Å². The second-order valence-electron chi connectivity index (χ2n) is 3.61. The molecule has 0 fully saturated rings. The van der Waals surface area contributed by atoms with E-state index in [1.54, 1.807) is 19.1 Å². The maximum Gasteiger partial charge on any atom is 0.227 e. The smallest absolute Gasteiger partial charge is 0.227 e. The molecule has 0 radical (unpaired) electrons. The predicted octanol–water partition coefficient (Wildman–Crippen LogP) is 1.35. The lowest BCUT2D eigenvalue weighted by Crippen LogP contribution is -2.28. The van der Waals surface area contributed by atoms with Crippen LogP contribution in [0.5, 0.6) is 0 Å². The number of aryl methyl sites for hydroxylation is 1. The number of hydrogen-bond acceptors (Lipinski definition) is 4. The van der Waals surface area contributed by atoms with E-state index >= 15 is 0 Å². The zero-order valence-corrected chi connectivity index (χ0v) is 10.6. The lowest BCUT2D eigenvalue weighted by Gasteiger charge is -2.13. The third-order valence-electron chi connectivity index (χ3n) is 2.34. The van der Waals surface area contributed by atoms with Gasteiger partial charge in [-0.3, -0.25) is 4.79 Å². The second kappa shape index (κ2) is 6.54. The number of nitrogens with zero attached hydrogens (tertiary/aromatic N) is 1. The van der Waals surface area contributed by atoms with Crippen molar-refractivity contribution in [1.29, 1.82) is 0 Å². The van der Waals surface area contributed by atoms with Gasteiger partial charge in [-0.1, -0.05) is 11.6 Å². The van der Waals surface area contributed by atoms with E-state index < -0.39 is 0 Å². The van der Waals surface area contributed by atoms with E-state index in [4.69, 9.17) is 22.1 Å². The van der Waals surface area contributed by atoms with Gasteiger partial charge in [-0.15, -0.1) is 0 Å². The van der Waals surface area contributed by atoms with Gasteiger partial charge in [-0.2, -0.15) is 0 Å². The maximum atomic E-state index is 11.7. The summed E-state index contributed by atoms with van der Waals surface area (Å²) in [5.74, 6) is -0.158. The van der Waals surface area contributed by atoms with Crippen molar-refractivity contribution in [1.82, 2.24) is 4.98 Å². The number of pyridine rings is 1. The molecular formula is C11H16ClN3O2. The molecule has 94 valence electrons. The van der Waals surface area contributed by atoms with Gasteiger partial charge in [0.2, 0.25) is 5.91 Å². The fraction of sp³-hybridized carbons (Fsp3) is 0.455. The summed E-state index contributed by atoms with van der Waals surface area (Å²) < 4.78 is 5.03. The molecule has 0 bridgehead atoms. The number of carbonyl (C=O) groups excluding carboxylic acids is 1. The van der Waals surface area contributed by atoms with Crippen molar-refractivity contribution in [3.8, 4) is 0 Å². The van der Waals surface area contributed by atoms with Crippen LogP contribution in [0, 0.1) is 6.92 Å². The van der Waals surface area contributed by atoms with Gasteiger partial charge in [-0.25, -0.2) is 4.98 Å². The first kappa shape index (κ1) is 13.9. The number of anilines is 1. The molecule has 0 aliphatic rings. The van der Waals surface area contributed by atoms with E-state index in [2.05, 4.69) is 10.3 Å². The fourth-order valence-corrected chi connectivity index (χ4v) is 1.52. The zero-order valence-electron chi connectivity index (χ0n) is 9.87. The van der Waals surface area contributed by atoms with Crippen molar-refractivity contribution >= 4 is 23.2 Å². The van der Waals surface area contributed by atoms with Crippen LogP contribution in [0.1, 0.15) is 12.1 Å². The normalized spacial score (nSPS) is 12.2. The Hall–Kier alpha value is -1.17. The Kier molecular flexibility index (Phi) is 5.34. The lowest BCUT2D eigenvalue weighted by molar-refractivity contribution is -0.118. The molecule has 1 aromatic heterocycles. The molecule has 0 aromatic carbocycles. The Morgan fingerprint density at radius 1 is 1.65 bits per heavy atom. The SMILES string of the molecule is COC(CN)CC(=O)Nc1ccc(Cl)nc1C. The number of rotatable bonds is 5. The summed E-state index contributed by atoms with van der Waals surface area (Å²) in [5.41, 5.74) is 6.76. The number of carbonyl (C=O) groups is 1. The third kappa shape index (κ3) is 4.30. The molecule has 1 rings (SSSR count). The van der Waals surface area contributed by atoms with Crippen molar-refractivity contribution in [3.05, 3.63) is 23.0 Å². The van der Waals surface area contributed by atoms with Gasteiger partial charge in [0.15, 0.2) is 0 Å². The predicted molar refractivity (Wildman–Crippen MR) is 67.1 cm³/mol. The monoisotopic (exact) mass is 257 g/mol. The van der Waals surface area contributed by atoms with E-state index in [1.807, 2.05) is 0 Å². The van der Waals surface area contributed by atoms with Crippen LogP contribution in [0.15, 0.2) is 12.1 Å². The largest absolute Gasteiger partial charge is 0.380 e. The van der Waals surface area contributed by atoms with Crippen LogP contribution in [-0.2, 0) is 9.53 Å². The number of halogens is 1. The summed E-state index contributed by atoms with van der Waals surface area (Å²) in [6.45, 7) is 2.08. The molecule has 0 aliphatic heterocycles. The Bertz CT molecular complexity index is 394. The van der Waals surface area contributed by atoms with Gasteiger partial charge in [0, 0.05) is 13.7 Å². The number of methoxy groups -OCH3 is 1. The van der Waals surface area contributed by atoms with Gasteiger partial charge >= 0.3 is 0 Å². The first-order chi connectivity index (χ1) is 8.06. The Morgan fingerprint density at radius 2 is 2.35 bits per heavy atom. The minimum atomic E-state index is -0.268. The minimum Gasteiger partial charge on any atom is -0.380 e. The Labute approximate surface area is 105 Å². The van der Waals surface area contributed by atoms with Crippen LogP contribution in [0.3, 0.4) is 0 Å². The summed E-state index contributed by atoms with van der Waals surface area (Å²) in [4.78, 5) is 15.7. The third-order valence-corrected chi connectivity index (χ3v) is 2.55. The molecule has 5 nitrogen and oxygen atoms in total. The number of aromatic nitrogens is 1. The number of nitrogens with one attached hydrogen (secondary N) is 1. The van der Waals surface area contributed by atoms with E-state index in [0.717, 1.165) is 0 Å². The van der Waals surface area contributed by atoms with Crippen LogP contribution < -0.4 is 11.1 Å². The van der Waals surface area contributed by atoms with E-state index in [-0.39, 0.29) is 18.4 Å². The molecule has 1 amide bonds. The molecule has 0 aliphatic carbocycles. The average molecular weight is 258 g/mol. The summed E-state index contributed by atoms with van der Waals surface area (Å²) >= 11 is 5.72. The second-order valence-corrected chi connectivity index (χ2v) is 4.00. The number of ether oxygens (including phenoxy) is 1. The van der Waals surface area contributed by atoms with Gasteiger partial charge < -0.3 is 15.8 Å². The average Bonchev–Trinajstić information content (AvgIpc) is 2.29. The van der Waals surface area contributed by atoms with Crippen LogP contribution in [-0.4, -0.2) is 30.6 Å². The van der Waals surface area contributed by atoms with Crippen LogP contribution in [0.4, 0.5) is 5.69 Å². The van der Waals surface area contributed by atoms with E-state index in [9.17, 15) is 4.79 Å². The molecule has 1 atom stereocenters. The van der Waals surface area contributed by atoms with Crippen LogP contribution in [0.25, 0.3) is 0 Å². The number of hydrogen-bond donors (Lipinski definition) is 2. The summed E-state index contributed by atoms with van der Waals surface area (Å²) in [5, 5.41) is 3.14. The van der Waals surface area contributed by atoms with Crippen molar-refractivity contribution < 1.29 is 9.53 Å². The summed E-state index contributed by atoms with van der Waals surface area (Å²) in [7, 11) is 1.53. The highest BCUT2D eigenvalue weighted by Gasteiger charge is 2.12. The highest BCUT2D eigenvalue weighted by Crippen LogP contribution is 2.16. The van der Waals surface area contributed by atoms with Crippen molar-refractivity contribution in [2.24, 2.45) is 5.73 Å². The van der Waals surface area contributed by atoms with Gasteiger partial charge in [0.1, 0.15) is 5.15 Å². The lowest BCUT2D eigenvalue weighted by atomic mass is 10.2. The molecule has 1 heterocycles. The molecule has 1 unspecified atom stereocenters. The van der Waals surface area contributed by atoms with Gasteiger partial charge in [0.05, 0.1) is 23.9 Å². The Balaban J connectivity index is 2.62. The first-order valence-corrected chi connectivity index (χ1v) is 5.60. The fourth-order valence-electron chi connectivity index (χ4n) is 1.33. The molecule has 1 aromatic rings. The molecular weight excluding hydrogens is 242 g/mol. The Morgan fingerprint density at radius 3 is 2.88 bits per heavy atom. The van der Waals surface area contributed by atoms with Crippen LogP contribution in [0.2, 0.25) is 5.15 Å². The van der Waals surface area contributed by atoms with E-state index in [0.29, 0.717) is 23.1 Å². The van der Waals surface area contributed by atoms with Crippen LogP contribution >= 0.6 is 11.6 Å². The molecule has 3 N–H and O–H groups in total.